The lowest BCUT2D eigenvalue weighted by molar-refractivity contribution is 0.0784. The number of piperidine rings is 1. The third kappa shape index (κ3) is 2.04. The molecule has 1 saturated heterocycles. The summed E-state index contributed by atoms with van der Waals surface area (Å²) in [6.45, 7) is 2.68. The Kier molecular flexibility index (Phi) is 2.89. The molecule has 0 aromatic carbocycles. The van der Waals surface area contributed by atoms with E-state index in [1.165, 1.54) is 6.33 Å². The summed E-state index contributed by atoms with van der Waals surface area (Å²) in [6, 6.07) is 3.98. The minimum atomic E-state index is -0.136. The average Bonchev–Trinajstić information content (AvgIpc) is 2.77. The molecule has 1 fully saturated rings. The first-order valence-corrected chi connectivity index (χ1v) is 6.21. The minimum Gasteiger partial charge on any atom is -0.393 e. The summed E-state index contributed by atoms with van der Waals surface area (Å²) in [5, 5.41) is 13.7. The second kappa shape index (κ2) is 4.55. The zero-order chi connectivity index (χ0) is 12.5. The molecule has 0 unspecified atom stereocenters. The van der Waals surface area contributed by atoms with Gasteiger partial charge in [0.1, 0.15) is 11.8 Å². The van der Waals surface area contributed by atoms with Crippen molar-refractivity contribution in [1.29, 1.82) is 0 Å². The molecule has 0 amide bonds. The van der Waals surface area contributed by atoms with E-state index in [1.807, 2.05) is 16.6 Å². The van der Waals surface area contributed by atoms with Crippen molar-refractivity contribution in [3.8, 4) is 0 Å². The number of hydrogen-bond donors (Lipinski definition) is 2. The molecule has 0 bridgehead atoms. The predicted molar refractivity (Wildman–Crippen MR) is 67.9 cm³/mol. The summed E-state index contributed by atoms with van der Waals surface area (Å²) >= 11 is 0. The lowest BCUT2D eigenvalue weighted by Crippen LogP contribution is -2.35. The maximum Gasteiger partial charge on any atom is 0.151 e. The molecule has 0 spiro atoms. The molecule has 3 heterocycles. The Hall–Kier alpha value is -1.66. The predicted octanol–water partition coefficient (Wildman–Crippen LogP) is 0.268. The third-order valence-corrected chi connectivity index (χ3v) is 3.50. The fraction of sp³-hybridized carbons (Fsp3) is 0.500. The molecule has 1 aliphatic heterocycles. The fourth-order valence-corrected chi connectivity index (χ4v) is 2.43. The monoisotopic (exact) mass is 247 g/mol. The van der Waals surface area contributed by atoms with Gasteiger partial charge in [0.15, 0.2) is 5.82 Å². The highest BCUT2D eigenvalue weighted by Crippen LogP contribution is 2.17. The third-order valence-electron chi connectivity index (χ3n) is 3.50. The second-order valence-electron chi connectivity index (χ2n) is 4.77. The zero-order valence-electron chi connectivity index (χ0n) is 10.2. The summed E-state index contributed by atoms with van der Waals surface area (Å²) in [6.07, 6.45) is 3.04. The molecule has 6 nitrogen and oxygen atoms in total. The topological polar surface area (TPSA) is 79.7 Å². The van der Waals surface area contributed by atoms with E-state index in [9.17, 15) is 5.11 Å². The van der Waals surface area contributed by atoms with Crippen LogP contribution >= 0.6 is 0 Å². The van der Waals surface area contributed by atoms with Gasteiger partial charge in [-0.3, -0.25) is 4.90 Å². The van der Waals surface area contributed by atoms with Crippen molar-refractivity contribution >= 4 is 11.3 Å². The summed E-state index contributed by atoms with van der Waals surface area (Å²) in [5.74, 6) is 0.505. The van der Waals surface area contributed by atoms with Gasteiger partial charge in [-0.25, -0.2) is 9.50 Å². The fourth-order valence-electron chi connectivity index (χ4n) is 2.43. The van der Waals surface area contributed by atoms with Crippen molar-refractivity contribution in [2.24, 2.45) is 0 Å². The van der Waals surface area contributed by atoms with Crippen LogP contribution in [0.2, 0.25) is 0 Å². The van der Waals surface area contributed by atoms with E-state index in [0.717, 1.165) is 43.7 Å². The van der Waals surface area contributed by atoms with Crippen LogP contribution < -0.4 is 5.73 Å². The quantitative estimate of drug-likeness (QED) is 0.796. The van der Waals surface area contributed by atoms with Crippen LogP contribution in [0.4, 0.5) is 5.82 Å². The van der Waals surface area contributed by atoms with Crippen LogP contribution in [-0.2, 0) is 6.54 Å². The van der Waals surface area contributed by atoms with Gasteiger partial charge in [0.05, 0.1) is 11.8 Å². The molecule has 0 saturated carbocycles. The molecule has 18 heavy (non-hydrogen) atoms. The van der Waals surface area contributed by atoms with Gasteiger partial charge in [0.2, 0.25) is 0 Å². The van der Waals surface area contributed by atoms with Crippen LogP contribution in [0.1, 0.15) is 18.5 Å². The number of nitrogens with two attached hydrogens (primary N) is 1. The molecular weight excluding hydrogens is 230 g/mol. The number of likely N-dealkylation sites (tertiary alicyclic amines) is 1. The van der Waals surface area contributed by atoms with E-state index >= 15 is 0 Å². The molecule has 3 N–H and O–H groups in total. The van der Waals surface area contributed by atoms with E-state index in [-0.39, 0.29) is 6.10 Å². The van der Waals surface area contributed by atoms with Crippen LogP contribution in [-0.4, -0.2) is 43.8 Å². The maximum atomic E-state index is 9.49. The van der Waals surface area contributed by atoms with E-state index in [1.54, 1.807) is 0 Å². The van der Waals surface area contributed by atoms with Gasteiger partial charge in [0.25, 0.3) is 0 Å². The smallest absolute Gasteiger partial charge is 0.151 e. The molecule has 0 atom stereocenters. The van der Waals surface area contributed by atoms with Gasteiger partial charge in [0, 0.05) is 19.6 Å². The Morgan fingerprint density at radius 3 is 2.89 bits per heavy atom. The Bertz CT molecular complexity index is 544. The molecule has 0 aliphatic carbocycles. The van der Waals surface area contributed by atoms with Gasteiger partial charge in [-0.15, -0.1) is 0 Å². The van der Waals surface area contributed by atoms with E-state index in [4.69, 9.17) is 5.73 Å². The Morgan fingerprint density at radius 2 is 2.11 bits per heavy atom. The van der Waals surface area contributed by atoms with Crippen molar-refractivity contribution in [3.05, 3.63) is 24.2 Å². The van der Waals surface area contributed by atoms with E-state index < -0.39 is 0 Å². The highest BCUT2D eigenvalue weighted by atomic mass is 16.3. The SMILES string of the molecule is Nc1ncnn2c(CN3CCC(O)CC3)ccc12. The first-order chi connectivity index (χ1) is 8.74. The number of nitrogen functional groups attached to an aromatic ring is 1. The highest BCUT2D eigenvalue weighted by molar-refractivity contribution is 5.65. The zero-order valence-corrected chi connectivity index (χ0v) is 10.2. The Balaban J connectivity index is 1.81. The number of fused-ring (bicyclic) bond motifs is 1. The van der Waals surface area contributed by atoms with E-state index in [0.29, 0.717) is 5.82 Å². The van der Waals surface area contributed by atoms with Crippen LogP contribution in [0, 0.1) is 0 Å². The number of hydrogen-bond acceptors (Lipinski definition) is 5. The number of aliphatic hydroxyl groups excluding tert-OH is 1. The first kappa shape index (κ1) is 11.4. The average molecular weight is 247 g/mol. The van der Waals surface area contributed by atoms with Crippen LogP contribution in [0.5, 0.6) is 0 Å². The minimum absolute atomic E-state index is 0.136. The lowest BCUT2D eigenvalue weighted by atomic mass is 10.1. The van der Waals surface area contributed by atoms with Crippen molar-refractivity contribution in [2.45, 2.75) is 25.5 Å². The molecule has 1 aliphatic rings. The summed E-state index contributed by atoms with van der Waals surface area (Å²) in [7, 11) is 0. The molecule has 6 heteroatoms. The number of nitrogens with zero attached hydrogens (tertiary/aromatic N) is 4. The first-order valence-electron chi connectivity index (χ1n) is 6.21. The largest absolute Gasteiger partial charge is 0.393 e. The lowest BCUT2D eigenvalue weighted by Gasteiger charge is -2.29. The summed E-state index contributed by atoms with van der Waals surface area (Å²) < 4.78 is 1.84. The van der Waals surface area contributed by atoms with Crippen LogP contribution in [0.25, 0.3) is 5.52 Å². The van der Waals surface area contributed by atoms with Gasteiger partial charge < -0.3 is 10.8 Å². The van der Waals surface area contributed by atoms with Crippen molar-refractivity contribution in [3.63, 3.8) is 0 Å². The molecule has 2 aromatic rings. The Labute approximate surface area is 105 Å². The molecule has 0 radical (unpaired) electrons. The van der Waals surface area contributed by atoms with Gasteiger partial charge >= 0.3 is 0 Å². The Morgan fingerprint density at radius 1 is 1.33 bits per heavy atom. The highest BCUT2D eigenvalue weighted by Gasteiger charge is 2.18. The summed E-state index contributed by atoms with van der Waals surface area (Å²) in [5.41, 5.74) is 7.76. The van der Waals surface area contributed by atoms with Crippen molar-refractivity contribution in [2.75, 3.05) is 18.8 Å². The van der Waals surface area contributed by atoms with Gasteiger partial charge in [-0.05, 0) is 25.0 Å². The second-order valence-corrected chi connectivity index (χ2v) is 4.77. The number of anilines is 1. The van der Waals surface area contributed by atoms with E-state index in [2.05, 4.69) is 15.0 Å². The van der Waals surface area contributed by atoms with Crippen molar-refractivity contribution in [1.82, 2.24) is 19.5 Å². The summed E-state index contributed by atoms with van der Waals surface area (Å²) in [4.78, 5) is 6.30. The standard InChI is InChI=1S/C12H17N5O/c13-12-11-2-1-9(17(11)15-8-14-12)7-16-5-3-10(18)4-6-16/h1-2,8,10,18H,3-7H2,(H2,13,14,15). The molecular formula is C12H17N5O. The molecule has 3 rings (SSSR count). The van der Waals surface area contributed by atoms with Crippen molar-refractivity contribution < 1.29 is 5.11 Å². The molecule has 2 aromatic heterocycles. The number of rotatable bonds is 2. The number of aliphatic hydroxyl groups is 1. The number of aromatic nitrogens is 3. The molecule has 96 valence electrons. The van der Waals surface area contributed by atoms with Crippen LogP contribution in [0.3, 0.4) is 0 Å². The van der Waals surface area contributed by atoms with Gasteiger partial charge in [-0.2, -0.15) is 5.10 Å². The normalized spacial score (nSPS) is 18.5. The van der Waals surface area contributed by atoms with Gasteiger partial charge in [-0.1, -0.05) is 0 Å². The maximum absolute atomic E-state index is 9.49. The van der Waals surface area contributed by atoms with Crippen LogP contribution in [0.15, 0.2) is 18.5 Å².